The molecule has 0 heterocycles. The number of nitro groups is 1. The number of non-ortho nitro benzene ring substituents is 1. The third kappa shape index (κ3) is 7.92. The zero-order valence-electron chi connectivity index (χ0n) is 36.8. The van der Waals surface area contributed by atoms with Gasteiger partial charge in [0.15, 0.2) is 0 Å². The fraction of sp³-hybridized carbons (Fsp3) is 0.463. The largest absolute Gasteiger partial charge is 0.458 e. The molecule has 0 N–H and O–H groups in total. The molecule has 3 fully saturated rings. The summed E-state index contributed by atoms with van der Waals surface area (Å²) in [6, 6.07) is 35.1. The first kappa shape index (κ1) is 43.1. The second-order valence-electron chi connectivity index (χ2n) is 19.7. The van der Waals surface area contributed by atoms with Crippen LogP contribution in [0.15, 0.2) is 127 Å². The third-order valence-corrected chi connectivity index (χ3v) is 20.3. The first-order chi connectivity index (χ1) is 29.4. The van der Waals surface area contributed by atoms with Crippen molar-refractivity contribution in [1.29, 1.82) is 0 Å². The summed E-state index contributed by atoms with van der Waals surface area (Å²) in [5.74, 6) is 3.25. The number of nitro benzene ring substituents is 1. The first-order valence-corrected chi connectivity index (χ1v) is 24.8. The molecule has 0 spiro atoms. The number of rotatable bonds is 13. The molecule has 0 saturated heterocycles. The molecule has 0 amide bonds. The molecule has 4 aromatic rings. The second kappa shape index (κ2) is 17.7. The summed E-state index contributed by atoms with van der Waals surface area (Å²) in [6.07, 6.45) is 14.9. The Morgan fingerprint density at radius 1 is 0.770 bits per heavy atom. The summed E-state index contributed by atoms with van der Waals surface area (Å²) in [5.41, 5.74) is 1.78. The van der Waals surface area contributed by atoms with Crippen molar-refractivity contribution in [1.82, 2.24) is 0 Å². The topological polar surface area (TPSA) is 86.5 Å². The molecule has 6 nitrogen and oxygen atoms in total. The number of carbonyl (C=O) groups is 2. The van der Waals surface area contributed by atoms with Crippen molar-refractivity contribution in [2.75, 3.05) is 0 Å². The molecule has 0 aliphatic heterocycles. The Bertz CT molecular complexity index is 2220. The minimum atomic E-state index is -3.24. The zero-order chi connectivity index (χ0) is 42.9. The van der Waals surface area contributed by atoms with E-state index in [-0.39, 0.29) is 22.0 Å². The van der Waals surface area contributed by atoms with Crippen molar-refractivity contribution >= 4 is 45.5 Å². The standard InChI is InChI=1S/C54H64NO5P/c1-37(2)17-15-18-38(3)47-29-30-48-46-28-27-40-36-42(31-33-53(40,4)49(46)32-34-54(47,48)5)60-52(57)51(50(56)39-19-16-20-41(35-39)55(58)59)61(43-21-9-6-10-22-43,44-23-11-7-12-24-44)45-25-13-8-14-26-45/h6-14,16,19-27,35,37-38,42,46-49H,15,17-18,28-34,36H2,1-5H3/t38-,42-,46+,47-,48+,49+,53+,54-/m1/s1. The summed E-state index contributed by atoms with van der Waals surface area (Å²) >= 11 is 0. The maximum absolute atomic E-state index is 15.4. The van der Waals surface area contributed by atoms with E-state index < -0.39 is 29.7 Å². The van der Waals surface area contributed by atoms with Crippen molar-refractivity contribution in [2.45, 2.75) is 111 Å². The van der Waals surface area contributed by atoms with Crippen molar-refractivity contribution in [3.8, 4) is 0 Å². The van der Waals surface area contributed by atoms with Gasteiger partial charge in [0, 0.05) is 24.1 Å². The zero-order valence-corrected chi connectivity index (χ0v) is 37.7. The number of Topliss-reactive ketones (excluding diaryl/α,β-unsaturated/α-hetero) is 1. The lowest BCUT2D eigenvalue weighted by Crippen LogP contribution is -2.51. The van der Waals surface area contributed by atoms with Gasteiger partial charge in [0.1, 0.15) is 11.4 Å². The highest BCUT2D eigenvalue weighted by atomic mass is 31.2. The molecule has 8 atom stereocenters. The van der Waals surface area contributed by atoms with E-state index in [9.17, 15) is 10.1 Å². The van der Waals surface area contributed by atoms with Crippen molar-refractivity contribution < 1.29 is 19.2 Å². The van der Waals surface area contributed by atoms with Gasteiger partial charge in [-0.1, -0.05) is 169 Å². The van der Waals surface area contributed by atoms with Crippen LogP contribution >= 0.6 is 6.89 Å². The minimum absolute atomic E-state index is 0.0309. The second-order valence-corrected chi connectivity index (χ2v) is 23.1. The Kier molecular flexibility index (Phi) is 12.5. The first-order valence-electron chi connectivity index (χ1n) is 23.0. The van der Waals surface area contributed by atoms with E-state index in [1.165, 1.54) is 68.7 Å². The van der Waals surface area contributed by atoms with Gasteiger partial charge in [-0.3, -0.25) is 14.9 Å². The number of nitrogens with zero attached hydrogens (tertiary/aromatic N) is 1. The summed E-state index contributed by atoms with van der Waals surface area (Å²) in [5, 5.41) is 14.5. The van der Waals surface area contributed by atoms with Gasteiger partial charge in [-0.2, -0.15) is 0 Å². The van der Waals surface area contributed by atoms with Gasteiger partial charge in [0.2, 0.25) is 5.78 Å². The lowest BCUT2D eigenvalue weighted by molar-refractivity contribution is -0.384. The molecular weight excluding hydrogens is 774 g/mol. The van der Waals surface area contributed by atoms with E-state index in [0.717, 1.165) is 58.8 Å². The normalized spacial score (nSPS) is 27.5. The highest BCUT2D eigenvalue weighted by Crippen LogP contribution is 2.67. The van der Waals surface area contributed by atoms with Crippen LogP contribution in [0.3, 0.4) is 0 Å². The van der Waals surface area contributed by atoms with E-state index in [2.05, 4.69) is 40.7 Å². The Hall–Kier alpha value is -4.54. The van der Waals surface area contributed by atoms with Crippen molar-refractivity contribution in [3.63, 3.8) is 0 Å². The van der Waals surface area contributed by atoms with Gasteiger partial charge in [-0.15, -0.1) is 0 Å². The van der Waals surface area contributed by atoms with Crippen LogP contribution in [-0.2, 0) is 9.53 Å². The van der Waals surface area contributed by atoms with Crippen LogP contribution in [0.2, 0.25) is 0 Å². The molecule has 0 unspecified atom stereocenters. The number of hydrogen-bond donors (Lipinski definition) is 0. The number of ketones is 1. The highest BCUT2D eigenvalue weighted by Gasteiger charge is 2.59. The molecule has 4 aliphatic rings. The summed E-state index contributed by atoms with van der Waals surface area (Å²) in [4.78, 5) is 42.2. The van der Waals surface area contributed by atoms with Crippen LogP contribution in [-0.4, -0.2) is 28.1 Å². The minimum Gasteiger partial charge on any atom is -0.458 e. The molecule has 7 heteroatoms. The summed E-state index contributed by atoms with van der Waals surface area (Å²) in [6.45, 7) is 9.13. The van der Waals surface area contributed by atoms with Gasteiger partial charge in [-0.05, 0) is 114 Å². The van der Waals surface area contributed by atoms with Crippen LogP contribution < -0.4 is 15.9 Å². The van der Waals surface area contributed by atoms with Crippen LogP contribution in [0.25, 0.3) is 0 Å². The Labute approximate surface area is 363 Å². The Balaban J connectivity index is 1.15. The van der Waals surface area contributed by atoms with E-state index in [1.54, 1.807) is 6.07 Å². The molecule has 8 rings (SSSR count). The molecule has 4 aromatic carbocycles. The third-order valence-electron chi connectivity index (χ3n) is 16.0. The van der Waals surface area contributed by atoms with Crippen molar-refractivity contribution in [2.24, 2.45) is 46.3 Å². The SMILES string of the molecule is CC(C)CCC[C@@H](C)[C@H]1CC[C@H]2[C@@H]3CC=C4C[C@H](OC(=O)C(C(=O)c5cccc([N+](=O)[O-])c5)=P(c5ccccc5)(c5ccccc5)c5ccccc5)CC[C@]4(C)[C@H]3CC[C@]12C. The number of benzene rings is 4. The molecule has 4 aliphatic carbocycles. The van der Waals surface area contributed by atoms with E-state index in [1.807, 2.05) is 91.0 Å². The number of ether oxygens (including phenoxy) is 1. The molecular formula is C54H64NO5P. The van der Waals surface area contributed by atoms with Crippen LogP contribution in [0.4, 0.5) is 5.69 Å². The number of carbonyl (C=O) groups excluding carboxylic acids is 2. The maximum Gasteiger partial charge on any atom is 0.343 e. The Morgan fingerprint density at radius 3 is 1.98 bits per heavy atom. The lowest BCUT2D eigenvalue weighted by Gasteiger charge is -2.58. The Morgan fingerprint density at radius 2 is 1.39 bits per heavy atom. The smallest absolute Gasteiger partial charge is 0.343 e. The van der Waals surface area contributed by atoms with Gasteiger partial charge in [-0.25, -0.2) is 4.79 Å². The van der Waals surface area contributed by atoms with Crippen molar-refractivity contribution in [3.05, 3.63) is 143 Å². The van der Waals surface area contributed by atoms with Crippen LogP contribution in [0.5, 0.6) is 0 Å². The number of fused-ring (bicyclic) bond motifs is 5. The fourth-order valence-corrected chi connectivity index (χ4v) is 17.3. The fourth-order valence-electron chi connectivity index (χ4n) is 13.0. The van der Waals surface area contributed by atoms with Gasteiger partial charge < -0.3 is 4.74 Å². The van der Waals surface area contributed by atoms with E-state index >= 15 is 9.59 Å². The predicted octanol–water partition coefficient (Wildman–Crippen LogP) is 11.9. The summed E-state index contributed by atoms with van der Waals surface area (Å²) in [7, 11) is 0. The van der Waals surface area contributed by atoms with Gasteiger partial charge in [0.25, 0.3) is 5.69 Å². The number of esters is 1. The van der Waals surface area contributed by atoms with Gasteiger partial charge >= 0.3 is 5.97 Å². The number of allylic oxidation sites excluding steroid dienone is 1. The monoisotopic (exact) mass is 837 g/mol. The van der Waals surface area contributed by atoms with Gasteiger partial charge in [0.05, 0.1) is 4.92 Å². The lowest BCUT2D eigenvalue weighted by atomic mass is 9.47. The molecule has 0 aromatic heterocycles. The van der Waals surface area contributed by atoms with Crippen LogP contribution in [0, 0.1) is 56.5 Å². The van der Waals surface area contributed by atoms with E-state index in [4.69, 9.17) is 4.74 Å². The van der Waals surface area contributed by atoms with Crippen LogP contribution in [0.1, 0.15) is 116 Å². The predicted molar refractivity (Wildman–Crippen MR) is 251 cm³/mol. The molecule has 0 radical (unpaired) electrons. The highest BCUT2D eigenvalue weighted by molar-refractivity contribution is 7.97. The average molecular weight is 838 g/mol. The molecule has 320 valence electrons. The molecule has 61 heavy (non-hydrogen) atoms. The average Bonchev–Trinajstić information content (AvgIpc) is 3.63. The number of hydrogen-bond acceptors (Lipinski definition) is 5. The summed E-state index contributed by atoms with van der Waals surface area (Å²) < 4.78 is 6.70. The molecule has 3 saturated carbocycles. The molecule has 0 bridgehead atoms. The maximum atomic E-state index is 15.4. The quantitative estimate of drug-likeness (QED) is 0.0255. The van der Waals surface area contributed by atoms with E-state index in [0.29, 0.717) is 23.7 Å².